The van der Waals surface area contributed by atoms with E-state index in [1.54, 1.807) is 0 Å². The van der Waals surface area contributed by atoms with Gasteiger partial charge in [0.1, 0.15) is 33.5 Å². The molecule has 21 aromatic carbocycles. The van der Waals surface area contributed by atoms with E-state index in [2.05, 4.69) is 393 Å². The molecular formula is C138H93N9O3. The van der Waals surface area contributed by atoms with Gasteiger partial charge >= 0.3 is 0 Å². The summed E-state index contributed by atoms with van der Waals surface area (Å²) in [6.07, 6.45) is 0. The maximum absolute atomic E-state index is 6.64. The van der Waals surface area contributed by atoms with Gasteiger partial charge in [0, 0.05) is 115 Å². The van der Waals surface area contributed by atoms with Gasteiger partial charge in [-0.3, -0.25) is 0 Å². The summed E-state index contributed by atoms with van der Waals surface area (Å²) in [5.74, 6) is 5.81. The minimum Gasteiger partial charge on any atom is -0.456 e. The van der Waals surface area contributed by atoms with E-state index in [1.807, 2.05) is 103 Å². The van der Waals surface area contributed by atoms with Gasteiger partial charge in [-0.25, -0.2) is 44.9 Å². The van der Waals surface area contributed by atoms with Crippen molar-refractivity contribution in [3.05, 3.63) is 488 Å². The van der Waals surface area contributed by atoms with Crippen LogP contribution in [0.3, 0.4) is 0 Å². The number of rotatable bonds is 12. The molecule has 0 radical (unpaired) electrons. The van der Waals surface area contributed by atoms with Crippen molar-refractivity contribution in [3.63, 3.8) is 0 Å². The molecule has 6 aromatic heterocycles. The SMILES string of the molecule is CC1(C)c2cc(-c3nc(-c4ccccc4)nc(-c4ccc(-c5ccc6ccccc6c5)cc4)n3)ccc2-c2c1ccc1c2oc2ccccc21.CC1(C)c2cc(-c3nc(-c4ccccc4)nc(-c4ccc(-c5ccc6ccccc6c5)cc4)n3)ccc2-c2c1ccc1oc3ccccc3c21.CC1(C)c2cccc(-c3nc(-c4ccccc4)nc(-c4ccc(-c5ccc6ccccc6c5)cc4)n3)c2-c2c1ccc1c2oc2ccccc21. The predicted octanol–water partition coefficient (Wildman–Crippen LogP) is 35.7. The van der Waals surface area contributed by atoms with Crippen LogP contribution >= 0.6 is 0 Å². The van der Waals surface area contributed by atoms with Crippen LogP contribution in [0.2, 0.25) is 0 Å². The largest absolute Gasteiger partial charge is 0.456 e. The van der Waals surface area contributed by atoms with Crippen LogP contribution in [0.25, 0.3) is 267 Å². The summed E-state index contributed by atoms with van der Waals surface area (Å²) < 4.78 is 19.4. The second kappa shape index (κ2) is 35.1. The third-order valence-electron chi connectivity index (χ3n) is 31.0. The van der Waals surface area contributed by atoms with Crippen molar-refractivity contribution in [2.75, 3.05) is 0 Å². The Hall–Kier alpha value is -19.2. The van der Waals surface area contributed by atoms with Crippen molar-refractivity contribution in [3.8, 4) is 169 Å². The van der Waals surface area contributed by atoms with Crippen LogP contribution in [-0.2, 0) is 16.2 Å². The molecule has 0 spiro atoms. The average Bonchev–Trinajstić information content (AvgIpc) is 1.55. The van der Waals surface area contributed by atoms with Gasteiger partial charge in [-0.2, -0.15) is 0 Å². The van der Waals surface area contributed by atoms with E-state index >= 15 is 0 Å². The van der Waals surface area contributed by atoms with Crippen LogP contribution in [0, 0.1) is 0 Å². The topological polar surface area (TPSA) is 155 Å². The number of para-hydroxylation sites is 3. The second-order valence-electron chi connectivity index (χ2n) is 40.9. The van der Waals surface area contributed by atoms with E-state index in [0.717, 1.165) is 138 Å². The Bertz CT molecular complexity index is 10200. The monoisotopic (exact) mass is 1920 g/mol. The minimum absolute atomic E-state index is 0.218. The Labute approximate surface area is 865 Å². The minimum atomic E-state index is -0.232. The van der Waals surface area contributed by atoms with Crippen LogP contribution in [0.4, 0.5) is 0 Å². The summed E-state index contributed by atoms with van der Waals surface area (Å²) in [5.41, 5.74) is 35.0. The van der Waals surface area contributed by atoms with Gasteiger partial charge in [-0.1, -0.05) is 442 Å². The van der Waals surface area contributed by atoms with Crippen molar-refractivity contribution >= 4 is 98.1 Å². The van der Waals surface area contributed by atoms with Gasteiger partial charge in [-0.15, -0.1) is 0 Å². The third kappa shape index (κ3) is 15.0. The molecule has 0 amide bonds. The molecule has 0 aliphatic heterocycles. The van der Waals surface area contributed by atoms with Crippen molar-refractivity contribution in [2.45, 2.75) is 57.8 Å². The molecule has 150 heavy (non-hydrogen) atoms. The standard InChI is InChI=1S/3C46H31N3O/c1-46(2)37-17-10-16-36(40(37)41-38(46)26-25-35-34-15-8-9-18-39(34)50-42(35)41)45-48-43(30-12-4-3-5-13-30)47-44(49-45)31-22-19-29(20-23-31)33-24-21-28-11-6-7-14-32(28)27-33;1-46(2)37-24-25-40-42(36-14-8-9-15-39(36)50-40)41(37)35-23-22-34(27-38(35)46)45-48-43(30-11-4-3-5-12-30)47-44(49-45)31-19-16-29(17-20-31)33-21-18-28-10-6-7-13-32(28)26-33;1-46(2)38-25-24-36-35-14-8-9-15-40(35)50-42(36)41(38)37-23-22-34(27-39(37)46)45-48-43(30-11-4-3-5-12-30)47-44(49-45)31-19-16-29(17-20-31)33-21-18-28-10-6-7-13-32(28)26-33/h3*3-27H,1-2H3. The molecule has 12 nitrogen and oxygen atoms in total. The molecule has 708 valence electrons. The molecule has 6 heterocycles. The first kappa shape index (κ1) is 88.5. The first-order chi connectivity index (χ1) is 73.5. The second-order valence-corrected chi connectivity index (χ2v) is 40.9. The lowest BCUT2D eigenvalue weighted by molar-refractivity contribution is 0.653. The zero-order valence-electron chi connectivity index (χ0n) is 83.1. The highest BCUT2D eigenvalue weighted by Gasteiger charge is 2.43. The number of hydrogen-bond acceptors (Lipinski definition) is 12. The first-order valence-corrected chi connectivity index (χ1v) is 51.1. The van der Waals surface area contributed by atoms with E-state index in [4.69, 9.17) is 58.1 Å². The molecule has 0 unspecified atom stereocenters. The summed E-state index contributed by atoms with van der Waals surface area (Å²) in [6, 6.07) is 159. The smallest absolute Gasteiger partial charge is 0.164 e. The van der Waals surface area contributed by atoms with Crippen LogP contribution in [-0.4, -0.2) is 44.9 Å². The highest BCUT2D eigenvalue weighted by atomic mass is 16.3. The molecule has 27 aromatic rings. The van der Waals surface area contributed by atoms with Crippen LogP contribution < -0.4 is 0 Å². The lowest BCUT2D eigenvalue weighted by Crippen LogP contribution is -2.15. The fourth-order valence-corrected chi connectivity index (χ4v) is 23.1. The number of hydrogen-bond donors (Lipinski definition) is 0. The van der Waals surface area contributed by atoms with Crippen LogP contribution in [0.15, 0.2) is 468 Å². The molecule has 3 aliphatic carbocycles. The molecular weight excluding hydrogens is 1830 g/mol. The highest BCUT2D eigenvalue weighted by molar-refractivity contribution is 6.17. The molecule has 12 heteroatoms. The summed E-state index contributed by atoms with van der Waals surface area (Å²) in [6.45, 7) is 13.8. The number of furan rings is 3. The number of aromatic nitrogens is 9. The van der Waals surface area contributed by atoms with Crippen LogP contribution in [0.1, 0.15) is 74.9 Å². The molecule has 0 bridgehead atoms. The van der Waals surface area contributed by atoms with Crippen molar-refractivity contribution in [1.29, 1.82) is 0 Å². The Morgan fingerprint density at radius 1 is 0.153 bits per heavy atom. The van der Waals surface area contributed by atoms with Crippen molar-refractivity contribution in [1.82, 2.24) is 44.9 Å². The van der Waals surface area contributed by atoms with Crippen molar-refractivity contribution < 1.29 is 13.3 Å². The van der Waals surface area contributed by atoms with Gasteiger partial charge < -0.3 is 13.3 Å². The van der Waals surface area contributed by atoms with E-state index in [-0.39, 0.29) is 16.2 Å². The zero-order chi connectivity index (χ0) is 100. The predicted molar refractivity (Wildman–Crippen MR) is 612 cm³/mol. The number of nitrogens with zero attached hydrogens (tertiary/aromatic N) is 9. The summed E-state index contributed by atoms with van der Waals surface area (Å²) in [4.78, 5) is 45.7. The molecule has 0 atom stereocenters. The van der Waals surface area contributed by atoms with Gasteiger partial charge in [0.15, 0.2) is 52.4 Å². The fourth-order valence-electron chi connectivity index (χ4n) is 23.1. The van der Waals surface area contributed by atoms with Gasteiger partial charge in [0.2, 0.25) is 0 Å². The molecule has 0 fully saturated rings. The summed E-state index contributed by atoms with van der Waals surface area (Å²) >= 11 is 0. The molecule has 3 aliphatic rings. The normalized spacial score (nSPS) is 13.2. The molecule has 0 saturated heterocycles. The lowest BCUT2D eigenvalue weighted by atomic mass is 9.81. The van der Waals surface area contributed by atoms with Crippen molar-refractivity contribution in [2.24, 2.45) is 0 Å². The molecule has 30 rings (SSSR count). The Morgan fingerprint density at radius 2 is 0.447 bits per heavy atom. The van der Waals surface area contributed by atoms with Gasteiger partial charge in [0.05, 0.1) is 0 Å². The van der Waals surface area contributed by atoms with Crippen LogP contribution in [0.5, 0.6) is 0 Å². The summed E-state index contributed by atoms with van der Waals surface area (Å²) in [7, 11) is 0. The Kier molecular flexibility index (Phi) is 20.7. The maximum Gasteiger partial charge on any atom is 0.164 e. The fraction of sp³-hybridized carbons (Fsp3) is 0.0652. The molecule has 0 saturated carbocycles. The average molecular weight is 1930 g/mol. The Balaban J connectivity index is 0.000000108. The quantitative estimate of drug-likeness (QED) is 0.114. The summed E-state index contributed by atoms with van der Waals surface area (Å²) in [5, 5.41) is 14.2. The highest BCUT2D eigenvalue weighted by Crippen LogP contribution is 2.59. The molecule has 0 N–H and O–H groups in total. The number of benzene rings is 21. The third-order valence-corrected chi connectivity index (χ3v) is 31.0. The van der Waals surface area contributed by atoms with E-state index in [9.17, 15) is 0 Å². The number of fused-ring (bicyclic) bond motifs is 24. The Morgan fingerprint density at radius 3 is 0.867 bits per heavy atom. The van der Waals surface area contributed by atoms with E-state index < -0.39 is 0 Å². The van der Waals surface area contributed by atoms with E-state index in [0.29, 0.717) is 52.4 Å². The first-order valence-electron chi connectivity index (χ1n) is 51.1. The zero-order valence-corrected chi connectivity index (χ0v) is 83.1. The lowest BCUT2D eigenvalue weighted by Gasteiger charge is -2.22. The van der Waals surface area contributed by atoms with E-state index in [1.165, 1.54) is 110 Å². The van der Waals surface area contributed by atoms with Gasteiger partial charge in [-0.05, 0) is 170 Å². The maximum atomic E-state index is 6.64. The van der Waals surface area contributed by atoms with Gasteiger partial charge in [0.25, 0.3) is 0 Å².